The Bertz CT molecular complexity index is 1180. The third-order valence-corrected chi connectivity index (χ3v) is 4.98. The van der Waals surface area contributed by atoms with E-state index in [0.29, 0.717) is 17.7 Å². The summed E-state index contributed by atoms with van der Waals surface area (Å²) in [5.41, 5.74) is 3.85. The lowest BCUT2D eigenvalue weighted by Crippen LogP contribution is -2.35. The molecule has 0 saturated carbocycles. The molecule has 154 valence electrons. The Kier molecular flexibility index (Phi) is 5.18. The first-order chi connectivity index (χ1) is 14.4. The molecule has 1 aliphatic rings. The van der Waals surface area contributed by atoms with Gasteiger partial charge in [-0.1, -0.05) is 29.8 Å². The molecule has 1 aliphatic carbocycles. The molecular formula is C21H22N6O3. The number of nitrogens with zero attached hydrogens (tertiary/aromatic N) is 3. The molecule has 0 unspecified atom stereocenters. The van der Waals surface area contributed by atoms with E-state index in [1.807, 2.05) is 31.2 Å². The van der Waals surface area contributed by atoms with E-state index in [2.05, 4.69) is 25.7 Å². The monoisotopic (exact) mass is 406 g/mol. The van der Waals surface area contributed by atoms with E-state index in [1.54, 1.807) is 13.0 Å². The molecule has 3 aromatic rings. The van der Waals surface area contributed by atoms with E-state index in [9.17, 15) is 14.4 Å². The van der Waals surface area contributed by atoms with Crippen molar-refractivity contribution in [2.45, 2.75) is 39.7 Å². The predicted molar refractivity (Wildman–Crippen MR) is 110 cm³/mol. The lowest BCUT2D eigenvalue weighted by atomic mass is 10.1. The Labute approximate surface area is 172 Å². The summed E-state index contributed by atoms with van der Waals surface area (Å²) in [5.74, 6) is -1.13. The normalized spacial score (nSPS) is 12.5. The lowest BCUT2D eigenvalue weighted by molar-refractivity contribution is -0.136. The number of amides is 2. The van der Waals surface area contributed by atoms with Crippen molar-refractivity contribution in [1.29, 1.82) is 0 Å². The largest absolute Gasteiger partial charge is 0.344 e. The number of fused-ring (bicyclic) bond motifs is 1. The number of aromatic amines is 1. The minimum Gasteiger partial charge on any atom is -0.344 e. The molecule has 2 heterocycles. The van der Waals surface area contributed by atoms with Crippen molar-refractivity contribution in [2.24, 2.45) is 0 Å². The second-order valence-corrected chi connectivity index (χ2v) is 7.37. The predicted octanol–water partition coefficient (Wildman–Crippen LogP) is 1.32. The Hall–Kier alpha value is -3.75. The first kappa shape index (κ1) is 19.6. The summed E-state index contributed by atoms with van der Waals surface area (Å²) in [6.45, 7) is 3.96. The van der Waals surface area contributed by atoms with Gasteiger partial charge in [-0.25, -0.2) is 4.98 Å². The van der Waals surface area contributed by atoms with Gasteiger partial charge in [0.15, 0.2) is 0 Å². The third-order valence-electron chi connectivity index (χ3n) is 4.98. The average Bonchev–Trinajstić information content (AvgIpc) is 3.33. The maximum atomic E-state index is 12.4. The molecule has 1 aromatic carbocycles. The summed E-state index contributed by atoms with van der Waals surface area (Å²) in [6, 6.07) is 9.27. The van der Waals surface area contributed by atoms with Crippen molar-refractivity contribution in [1.82, 2.24) is 25.1 Å². The molecule has 0 saturated heterocycles. The van der Waals surface area contributed by atoms with Crippen LogP contribution in [-0.4, -0.2) is 31.6 Å². The minimum atomic E-state index is -0.827. The number of H-pyrrole nitrogens is 1. The lowest BCUT2D eigenvalue weighted by Gasteiger charge is -2.09. The molecule has 4 rings (SSSR count). The van der Waals surface area contributed by atoms with Gasteiger partial charge in [-0.2, -0.15) is 9.78 Å². The van der Waals surface area contributed by atoms with Crippen molar-refractivity contribution in [3.8, 4) is 5.95 Å². The van der Waals surface area contributed by atoms with Gasteiger partial charge in [-0.05, 0) is 38.7 Å². The van der Waals surface area contributed by atoms with Crippen molar-refractivity contribution < 1.29 is 9.59 Å². The Morgan fingerprint density at radius 1 is 1.13 bits per heavy atom. The van der Waals surface area contributed by atoms with Crippen LogP contribution in [0.5, 0.6) is 0 Å². The zero-order valence-corrected chi connectivity index (χ0v) is 16.8. The molecule has 9 heteroatoms. The molecule has 2 amide bonds. The van der Waals surface area contributed by atoms with Gasteiger partial charge in [0.05, 0.1) is 11.4 Å². The van der Waals surface area contributed by atoms with Gasteiger partial charge in [0.2, 0.25) is 5.95 Å². The van der Waals surface area contributed by atoms with Crippen LogP contribution < -0.4 is 16.2 Å². The third kappa shape index (κ3) is 4.00. The Morgan fingerprint density at radius 3 is 2.67 bits per heavy atom. The number of anilines is 1. The zero-order chi connectivity index (χ0) is 21.3. The highest BCUT2D eigenvalue weighted by atomic mass is 16.2. The fourth-order valence-corrected chi connectivity index (χ4v) is 3.42. The van der Waals surface area contributed by atoms with Gasteiger partial charge in [0, 0.05) is 18.2 Å². The highest BCUT2D eigenvalue weighted by Crippen LogP contribution is 2.19. The summed E-state index contributed by atoms with van der Waals surface area (Å²) in [5, 5.41) is 9.44. The number of carbonyl (C=O) groups excluding carboxylic acids is 2. The smallest absolute Gasteiger partial charge is 0.314 e. The van der Waals surface area contributed by atoms with Crippen molar-refractivity contribution >= 4 is 17.6 Å². The average molecular weight is 406 g/mol. The van der Waals surface area contributed by atoms with Crippen LogP contribution in [0.15, 0.2) is 35.1 Å². The molecule has 2 aromatic heterocycles. The molecule has 9 nitrogen and oxygen atoms in total. The Morgan fingerprint density at radius 2 is 1.90 bits per heavy atom. The molecular weight excluding hydrogens is 384 g/mol. The van der Waals surface area contributed by atoms with E-state index in [0.717, 1.165) is 29.7 Å². The first-order valence-electron chi connectivity index (χ1n) is 9.74. The van der Waals surface area contributed by atoms with Crippen LogP contribution in [0, 0.1) is 13.8 Å². The SMILES string of the molecule is Cc1ccc(CNC(=O)C(=O)Nc2cc(C)nn2-c2nc3c(c(=O)[nH]2)CCC3)cc1. The molecule has 0 bridgehead atoms. The molecule has 3 N–H and O–H groups in total. The highest BCUT2D eigenvalue weighted by molar-refractivity contribution is 6.39. The van der Waals surface area contributed by atoms with Crippen molar-refractivity contribution in [2.75, 3.05) is 5.32 Å². The van der Waals surface area contributed by atoms with Gasteiger partial charge in [-0.15, -0.1) is 0 Å². The number of carbonyl (C=O) groups is 2. The summed E-state index contributed by atoms with van der Waals surface area (Å²) in [4.78, 5) is 44.1. The van der Waals surface area contributed by atoms with Crippen LogP contribution in [0.1, 0.15) is 34.5 Å². The van der Waals surface area contributed by atoms with Crippen LogP contribution in [-0.2, 0) is 29.0 Å². The van der Waals surface area contributed by atoms with Crippen LogP contribution in [0.2, 0.25) is 0 Å². The van der Waals surface area contributed by atoms with E-state index >= 15 is 0 Å². The van der Waals surface area contributed by atoms with Crippen LogP contribution in [0.3, 0.4) is 0 Å². The van der Waals surface area contributed by atoms with E-state index in [4.69, 9.17) is 0 Å². The van der Waals surface area contributed by atoms with E-state index in [1.165, 1.54) is 4.68 Å². The van der Waals surface area contributed by atoms with Crippen molar-refractivity contribution in [3.05, 3.63) is 68.8 Å². The van der Waals surface area contributed by atoms with Crippen LogP contribution >= 0.6 is 0 Å². The fraction of sp³-hybridized carbons (Fsp3) is 0.286. The summed E-state index contributed by atoms with van der Waals surface area (Å²) >= 11 is 0. The number of hydrogen-bond acceptors (Lipinski definition) is 5. The number of benzene rings is 1. The number of rotatable bonds is 4. The van der Waals surface area contributed by atoms with Crippen LogP contribution in [0.4, 0.5) is 5.82 Å². The molecule has 0 atom stereocenters. The second-order valence-electron chi connectivity index (χ2n) is 7.37. The maximum Gasteiger partial charge on any atom is 0.314 e. The first-order valence-corrected chi connectivity index (χ1v) is 9.74. The van der Waals surface area contributed by atoms with E-state index < -0.39 is 11.8 Å². The van der Waals surface area contributed by atoms with Gasteiger partial charge in [-0.3, -0.25) is 19.4 Å². The van der Waals surface area contributed by atoms with E-state index in [-0.39, 0.29) is 23.9 Å². The van der Waals surface area contributed by atoms with Crippen LogP contribution in [0.25, 0.3) is 5.95 Å². The molecule has 0 radical (unpaired) electrons. The molecule has 30 heavy (non-hydrogen) atoms. The zero-order valence-electron chi connectivity index (χ0n) is 16.8. The summed E-state index contributed by atoms with van der Waals surface area (Å²) < 4.78 is 1.33. The summed E-state index contributed by atoms with van der Waals surface area (Å²) in [7, 11) is 0. The number of aromatic nitrogens is 4. The maximum absolute atomic E-state index is 12.4. The van der Waals surface area contributed by atoms with Gasteiger partial charge in [0.25, 0.3) is 5.56 Å². The fourth-order valence-electron chi connectivity index (χ4n) is 3.42. The minimum absolute atomic E-state index is 0.200. The topological polar surface area (TPSA) is 122 Å². The molecule has 0 fully saturated rings. The number of aryl methyl sites for hydroxylation is 3. The standard InChI is InChI=1S/C21H22N6O3/c1-12-6-8-14(9-7-12)11-22-19(29)20(30)24-17-10-13(2)26-27(17)21-23-16-5-3-4-15(16)18(28)25-21/h6-10H,3-5,11H2,1-2H3,(H,22,29)(H,24,30)(H,23,25,28). The Balaban J connectivity index is 1.49. The molecule has 0 spiro atoms. The van der Waals surface area contributed by atoms with Gasteiger partial charge >= 0.3 is 11.8 Å². The van der Waals surface area contributed by atoms with Gasteiger partial charge < -0.3 is 10.6 Å². The van der Waals surface area contributed by atoms with Crippen molar-refractivity contribution in [3.63, 3.8) is 0 Å². The number of hydrogen-bond donors (Lipinski definition) is 3. The summed E-state index contributed by atoms with van der Waals surface area (Å²) in [6.07, 6.45) is 2.33. The number of nitrogens with one attached hydrogen (secondary N) is 3. The van der Waals surface area contributed by atoms with Gasteiger partial charge in [0.1, 0.15) is 5.82 Å². The molecule has 0 aliphatic heterocycles. The quantitative estimate of drug-likeness (QED) is 0.564. The second kappa shape index (κ2) is 7.94. The highest BCUT2D eigenvalue weighted by Gasteiger charge is 2.21.